The number of anilines is 1. The van der Waals surface area contributed by atoms with Crippen LogP contribution in [0.1, 0.15) is 25.3 Å². The molecule has 0 aliphatic carbocycles. The van der Waals surface area contributed by atoms with E-state index in [2.05, 4.69) is 4.72 Å². The van der Waals surface area contributed by atoms with Crippen molar-refractivity contribution in [2.75, 3.05) is 11.8 Å². The molecule has 0 unspecified atom stereocenters. The summed E-state index contributed by atoms with van der Waals surface area (Å²) in [7, 11) is -2.65. The zero-order chi connectivity index (χ0) is 17.9. The molecule has 7 nitrogen and oxygen atoms in total. The number of hydrogen-bond acceptors (Lipinski definition) is 5. The summed E-state index contributed by atoms with van der Waals surface area (Å²) in [6, 6.07) is 10.5. The first kappa shape index (κ1) is 17.7. The van der Waals surface area contributed by atoms with E-state index in [4.69, 9.17) is 4.74 Å². The first-order valence-corrected chi connectivity index (χ1v) is 8.68. The topological polar surface area (TPSA) is 98.5 Å². The van der Waals surface area contributed by atoms with Crippen LogP contribution in [-0.2, 0) is 10.0 Å². The van der Waals surface area contributed by atoms with Gasteiger partial charge in [0.05, 0.1) is 16.9 Å². The zero-order valence-corrected chi connectivity index (χ0v) is 14.3. The number of nitrogens with one attached hydrogen (secondary N) is 1. The maximum atomic E-state index is 12.4. The van der Waals surface area contributed by atoms with Crippen LogP contribution in [-0.4, -0.2) is 20.5 Å². The normalized spacial score (nSPS) is 11.3. The number of ether oxygens (including phenoxy) is 1. The van der Waals surface area contributed by atoms with Gasteiger partial charge in [-0.05, 0) is 35.7 Å². The van der Waals surface area contributed by atoms with Gasteiger partial charge < -0.3 is 4.74 Å². The molecule has 0 saturated heterocycles. The van der Waals surface area contributed by atoms with Gasteiger partial charge in [-0.3, -0.25) is 14.8 Å². The first-order valence-electron chi connectivity index (χ1n) is 7.20. The summed E-state index contributed by atoms with van der Waals surface area (Å²) in [5, 5.41) is 11.0. The summed E-state index contributed by atoms with van der Waals surface area (Å²) in [5.74, 6) is 0.333. The van der Waals surface area contributed by atoms with Gasteiger partial charge in [0.2, 0.25) is 0 Å². The van der Waals surface area contributed by atoms with E-state index < -0.39 is 20.6 Å². The smallest absolute Gasteiger partial charge is 0.312 e. The Morgan fingerprint density at radius 1 is 1.12 bits per heavy atom. The Kier molecular flexibility index (Phi) is 5.08. The maximum absolute atomic E-state index is 12.4. The summed E-state index contributed by atoms with van der Waals surface area (Å²) < 4.78 is 32.1. The highest BCUT2D eigenvalue weighted by Gasteiger charge is 2.22. The lowest BCUT2D eigenvalue weighted by Gasteiger charge is -2.11. The van der Waals surface area contributed by atoms with Crippen molar-refractivity contribution < 1.29 is 18.1 Å². The fourth-order valence-electron chi connectivity index (χ4n) is 2.13. The number of sulfonamides is 1. The molecule has 0 amide bonds. The summed E-state index contributed by atoms with van der Waals surface area (Å²) in [4.78, 5) is 10.1. The van der Waals surface area contributed by atoms with Crippen LogP contribution in [0.25, 0.3) is 0 Å². The number of nitrogens with zero attached hydrogens (tertiary/aromatic N) is 1. The van der Waals surface area contributed by atoms with Gasteiger partial charge in [0.15, 0.2) is 5.75 Å². The average molecular weight is 350 g/mol. The molecule has 0 aliphatic rings. The van der Waals surface area contributed by atoms with Crippen molar-refractivity contribution in [3.63, 3.8) is 0 Å². The number of rotatable bonds is 6. The molecular formula is C16H18N2O5S. The highest BCUT2D eigenvalue weighted by atomic mass is 32.2. The lowest BCUT2D eigenvalue weighted by atomic mass is 10.0. The monoisotopic (exact) mass is 350 g/mol. The Morgan fingerprint density at radius 3 is 2.25 bits per heavy atom. The summed E-state index contributed by atoms with van der Waals surface area (Å²) in [5.41, 5.74) is 1.06. The van der Waals surface area contributed by atoms with Crippen molar-refractivity contribution in [2.45, 2.75) is 24.7 Å². The molecule has 0 aliphatic heterocycles. The molecule has 0 saturated carbocycles. The fourth-order valence-corrected chi connectivity index (χ4v) is 3.21. The van der Waals surface area contributed by atoms with Gasteiger partial charge in [-0.2, -0.15) is 0 Å². The Bertz CT molecular complexity index is 845. The molecule has 2 aromatic carbocycles. The minimum atomic E-state index is -3.94. The minimum Gasteiger partial charge on any atom is -0.490 e. The van der Waals surface area contributed by atoms with E-state index in [-0.39, 0.29) is 10.6 Å². The molecule has 0 aromatic heterocycles. The van der Waals surface area contributed by atoms with Crippen LogP contribution in [0.15, 0.2) is 47.4 Å². The number of nitro groups is 1. The lowest BCUT2D eigenvalue weighted by Crippen LogP contribution is -2.13. The Morgan fingerprint density at radius 2 is 1.75 bits per heavy atom. The Labute approximate surface area is 140 Å². The van der Waals surface area contributed by atoms with Gasteiger partial charge in [0.1, 0.15) is 0 Å². The van der Waals surface area contributed by atoms with E-state index in [0.717, 1.165) is 11.6 Å². The van der Waals surface area contributed by atoms with Gasteiger partial charge in [-0.1, -0.05) is 26.0 Å². The highest BCUT2D eigenvalue weighted by Crippen LogP contribution is 2.30. The second-order valence-electron chi connectivity index (χ2n) is 5.47. The lowest BCUT2D eigenvalue weighted by molar-refractivity contribution is -0.386. The van der Waals surface area contributed by atoms with Crippen molar-refractivity contribution in [2.24, 2.45) is 0 Å². The van der Waals surface area contributed by atoms with Crippen molar-refractivity contribution in [3.05, 3.63) is 58.1 Å². The molecule has 8 heteroatoms. The first-order chi connectivity index (χ1) is 11.2. The maximum Gasteiger partial charge on any atom is 0.312 e. The summed E-state index contributed by atoms with van der Waals surface area (Å²) >= 11 is 0. The molecule has 24 heavy (non-hydrogen) atoms. The number of methoxy groups -OCH3 is 1. The summed E-state index contributed by atoms with van der Waals surface area (Å²) in [6.45, 7) is 4.07. The van der Waals surface area contributed by atoms with Crippen molar-refractivity contribution in [1.82, 2.24) is 0 Å². The Hall–Kier alpha value is -2.61. The van der Waals surface area contributed by atoms with Gasteiger partial charge in [-0.15, -0.1) is 0 Å². The van der Waals surface area contributed by atoms with E-state index >= 15 is 0 Å². The predicted molar refractivity (Wildman–Crippen MR) is 91.0 cm³/mol. The van der Waals surface area contributed by atoms with Crippen molar-refractivity contribution in [3.8, 4) is 5.75 Å². The molecule has 2 rings (SSSR count). The predicted octanol–water partition coefficient (Wildman–Crippen LogP) is 3.53. The molecule has 0 fully saturated rings. The molecular weight excluding hydrogens is 332 g/mol. The van der Waals surface area contributed by atoms with E-state index in [1.807, 2.05) is 26.0 Å². The van der Waals surface area contributed by atoms with Crippen molar-refractivity contribution >= 4 is 21.4 Å². The second-order valence-corrected chi connectivity index (χ2v) is 7.16. The number of benzene rings is 2. The van der Waals surface area contributed by atoms with Gasteiger partial charge in [0.25, 0.3) is 10.0 Å². The van der Waals surface area contributed by atoms with E-state index in [1.54, 1.807) is 12.1 Å². The average Bonchev–Trinajstić information content (AvgIpc) is 2.54. The minimum absolute atomic E-state index is 0.000219. The van der Waals surface area contributed by atoms with Crippen LogP contribution in [0.4, 0.5) is 11.4 Å². The molecule has 0 bridgehead atoms. The highest BCUT2D eigenvalue weighted by molar-refractivity contribution is 7.92. The third-order valence-electron chi connectivity index (χ3n) is 3.49. The zero-order valence-electron chi connectivity index (χ0n) is 13.5. The molecule has 0 spiro atoms. The SMILES string of the molecule is COc1ccc(S(=O)(=O)Nc2ccc(C(C)C)cc2)cc1[N+](=O)[O-]. The standard InChI is InChI=1S/C16H18N2O5S/c1-11(2)12-4-6-13(7-5-12)17-24(21,22)14-8-9-16(23-3)15(10-14)18(19)20/h4-11,17H,1-3H3. The quantitative estimate of drug-likeness (QED) is 0.635. The third kappa shape index (κ3) is 3.83. The van der Waals surface area contributed by atoms with Crippen LogP contribution >= 0.6 is 0 Å². The molecule has 0 radical (unpaired) electrons. The molecule has 0 atom stereocenters. The largest absolute Gasteiger partial charge is 0.490 e. The Balaban J connectivity index is 2.33. The third-order valence-corrected chi connectivity index (χ3v) is 4.87. The fraction of sp³-hybridized carbons (Fsp3) is 0.250. The number of hydrogen-bond donors (Lipinski definition) is 1. The molecule has 0 heterocycles. The molecule has 2 aromatic rings. The molecule has 1 N–H and O–H groups in total. The van der Waals surface area contributed by atoms with Gasteiger partial charge >= 0.3 is 5.69 Å². The van der Waals surface area contributed by atoms with Crippen LogP contribution in [0.2, 0.25) is 0 Å². The van der Waals surface area contributed by atoms with E-state index in [1.165, 1.54) is 19.2 Å². The van der Waals surface area contributed by atoms with Crippen LogP contribution < -0.4 is 9.46 Å². The van der Waals surface area contributed by atoms with Gasteiger partial charge in [-0.25, -0.2) is 8.42 Å². The van der Waals surface area contributed by atoms with Crippen LogP contribution in [0.5, 0.6) is 5.75 Å². The van der Waals surface area contributed by atoms with Crippen LogP contribution in [0, 0.1) is 10.1 Å². The number of nitro benzene ring substituents is 1. The van der Waals surface area contributed by atoms with Crippen molar-refractivity contribution in [1.29, 1.82) is 0 Å². The van der Waals surface area contributed by atoms with Crippen LogP contribution in [0.3, 0.4) is 0 Å². The van der Waals surface area contributed by atoms with E-state index in [9.17, 15) is 18.5 Å². The summed E-state index contributed by atoms with van der Waals surface area (Å²) in [6.07, 6.45) is 0. The second kappa shape index (κ2) is 6.88. The molecule has 128 valence electrons. The van der Waals surface area contributed by atoms with E-state index in [0.29, 0.717) is 11.6 Å². The van der Waals surface area contributed by atoms with Gasteiger partial charge in [0, 0.05) is 11.8 Å².